The molecule has 0 aliphatic heterocycles. The normalized spacial score (nSPS) is 14.1. The Labute approximate surface area is 97.6 Å². The van der Waals surface area contributed by atoms with Gasteiger partial charge in [0.05, 0.1) is 0 Å². The Bertz CT molecular complexity index is 363. The van der Waals surface area contributed by atoms with Gasteiger partial charge < -0.3 is 4.98 Å². The predicted molar refractivity (Wildman–Crippen MR) is 53.8 cm³/mol. The minimum Gasteiger partial charge on any atom is -0.320 e. The summed E-state index contributed by atoms with van der Waals surface area (Å²) in [6.45, 7) is 0. The molecule has 0 saturated carbocycles. The minimum atomic E-state index is 0. The molecule has 0 amide bonds. The first-order chi connectivity index (χ1) is 6.47. The summed E-state index contributed by atoms with van der Waals surface area (Å²) in [7, 11) is 0. The molecular weight excluding hydrogens is 350 g/mol. The fourth-order valence-electron chi connectivity index (χ4n) is 1.25. The quantitative estimate of drug-likeness (QED) is 0.702. The fraction of sp³-hybridized carbons (Fsp3) is 0.0833. The van der Waals surface area contributed by atoms with E-state index in [2.05, 4.69) is 17.1 Å². The van der Waals surface area contributed by atoms with Gasteiger partial charge in [-0.1, -0.05) is 18.2 Å². The fourth-order valence-corrected chi connectivity index (χ4v) is 1.25. The van der Waals surface area contributed by atoms with Gasteiger partial charge in [-0.2, -0.15) is 18.2 Å². The van der Waals surface area contributed by atoms with Gasteiger partial charge >= 0.3 is 0 Å². The molecule has 0 N–H and O–H groups in total. The van der Waals surface area contributed by atoms with Crippen molar-refractivity contribution in [1.29, 1.82) is 0 Å². The first-order valence-electron chi connectivity index (χ1n) is 4.32. The van der Waals surface area contributed by atoms with E-state index in [1.807, 2.05) is 42.6 Å². The van der Waals surface area contributed by atoms with Gasteiger partial charge in [0.15, 0.2) is 0 Å². The van der Waals surface area contributed by atoms with Gasteiger partial charge in [0.2, 0.25) is 0 Å². The summed E-state index contributed by atoms with van der Waals surface area (Å²) in [5.74, 6) is 0. The molecule has 73 valence electrons. The number of hydrogen-bond acceptors (Lipinski definition) is 1. The van der Waals surface area contributed by atoms with Crippen molar-refractivity contribution in [2.45, 2.75) is 6.42 Å². The van der Waals surface area contributed by atoms with Gasteiger partial charge in [0.1, 0.15) is 0 Å². The number of aromatic nitrogens is 1. The second kappa shape index (κ2) is 5.69. The molecule has 14 heavy (non-hydrogen) atoms. The summed E-state index contributed by atoms with van der Waals surface area (Å²) >= 11 is 0. The zero-order valence-electron chi connectivity index (χ0n) is 7.61. The van der Waals surface area contributed by atoms with Gasteiger partial charge in [-0.3, -0.25) is 0 Å². The Hall–Kier alpha value is -0.981. The topological polar surface area (TPSA) is 12.9 Å². The van der Waals surface area contributed by atoms with Gasteiger partial charge in [-0.15, -0.1) is 11.6 Å². The Balaban J connectivity index is 0.000000980. The Kier molecular flexibility index (Phi) is 4.51. The summed E-state index contributed by atoms with van der Waals surface area (Å²) in [5.41, 5.74) is 2.16. The molecule has 0 saturated heterocycles. The van der Waals surface area contributed by atoms with Crippen LogP contribution in [0.1, 0.15) is 12.1 Å². The zero-order chi connectivity index (χ0) is 8.93. The van der Waals surface area contributed by atoms with Crippen LogP contribution in [-0.4, -0.2) is 4.98 Å². The molecule has 0 spiro atoms. The first kappa shape index (κ1) is 11.1. The maximum absolute atomic E-state index is 4.28. The van der Waals surface area contributed by atoms with Crippen LogP contribution in [0, 0.1) is 6.08 Å². The number of pyridine rings is 1. The summed E-state index contributed by atoms with van der Waals surface area (Å²) in [5, 5.41) is 0. The molecule has 1 aromatic heterocycles. The largest absolute Gasteiger partial charge is 0.320 e. The second-order valence-electron chi connectivity index (χ2n) is 2.83. The minimum absolute atomic E-state index is 0. The van der Waals surface area contributed by atoms with Crippen molar-refractivity contribution in [3.8, 4) is 0 Å². The molecule has 2 heteroatoms. The van der Waals surface area contributed by atoms with Crippen molar-refractivity contribution in [3.63, 3.8) is 0 Å². The third-order valence-electron chi connectivity index (χ3n) is 1.90. The van der Waals surface area contributed by atoms with Crippen molar-refractivity contribution in [2.75, 3.05) is 0 Å². The molecule has 0 unspecified atom stereocenters. The van der Waals surface area contributed by atoms with Crippen LogP contribution >= 0.6 is 0 Å². The molecule has 0 aromatic carbocycles. The maximum atomic E-state index is 4.28. The average molecular weight is 360 g/mol. The predicted octanol–water partition coefficient (Wildman–Crippen LogP) is 2.78. The van der Waals surface area contributed by atoms with Crippen molar-refractivity contribution in [3.05, 3.63) is 60.5 Å². The van der Waals surface area contributed by atoms with E-state index in [9.17, 15) is 0 Å². The van der Waals surface area contributed by atoms with E-state index < -0.39 is 0 Å². The van der Waals surface area contributed by atoms with E-state index in [-0.39, 0.29) is 20.1 Å². The summed E-state index contributed by atoms with van der Waals surface area (Å²) in [6, 6.07) is 5.93. The molecule has 0 atom stereocenters. The molecule has 1 nitrogen and oxygen atoms in total. The van der Waals surface area contributed by atoms with Gasteiger partial charge in [-0.05, 0) is 18.2 Å². The van der Waals surface area contributed by atoms with Crippen LogP contribution in [0.5, 0.6) is 0 Å². The van der Waals surface area contributed by atoms with E-state index in [1.165, 1.54) is 0 Å². The van der Waals surface area contributed by atoms with Crippen LogP contribution in [0.2, 0.25) is 0 Å². The van der Waals surface area contributed by atoms with Crippen LogP contribution in [0.15, 0.2) is 48.7 Å². The first-order valence-corrected chi connectivity index (χ1v) is 4.32. The SMILES string of the molecule is [C-]1=C(c2ccccn2)CC=CC=C1.[Ir]. The molecule has 0 bridgehead atoms. The Morgan fingerprint density at radius 3 is 2.93 bits per heavy atom. The van der Waals surface area contributed by atoms with Gasteiger partial charge in [0.25, 0.3) is 0 Å². The second-order valence-corrected chi connectivity index (χ2v) is 2.83. The number of hydrogen-bond donors (Lipinski definition) is 0. The third-order valence-corrected chi connectivity index (χ3v) is 1.90. The van der Waals surface area contributed by atoms with Gasteiger partial charge in [0, 0.05) is 26.3 Å². The van der Waals surface area contributed by atoms with E-state index in [1.54, 1.807) is 0 Å². The monoisotopic (exact) mass is 361 g/mol. The summed E-state index contributed by atoms with van der Waals surface area (Å²) < 4.78 is 0. The third kappa shape index (κ3) is 2.76. The molecular formula is C12H10IrN-. The molecule has 1 aromatic rings. The summed E-state index contributed by atoms with van der Waals surface area (Å²) in [4.78, 5) is 4.28. The van der Waals surface area contributed by atoms with E-state index in [0.29, 0.717) is 0 Å². The van der Waals surface area contributed by atoms with E-state index >= 15 is 0 Å². The van der Waals surface area contributed by atoms with Crippen LogP contribution in [-0.2, 0) is 20.1 Å². The van der Waals surface area contributed by atoms with Crippen LogP contribution in [0.3, 0.4) is 0 Å². The molecule has 1 radical (unpaired) electrons. The Morgan fingerprint density at radius 2 is 2.14 bits per heavy atom. The summed E-state index contributed by atoms with van der Waals surface area (Å²) in [6.07, 6.45) is 14.0. The van der Waals surface area contributed by atoms with Crippen molar-refractivity contribution in [2.24, 2.45) is 0 Å². The van der Waals surface area contributed by atoms with E-state index in [4.69, 9.17) is 0 Å². The standard InChI is InChI=1S/C12H10N.Ir/c1-2-4-8-11(7-3-1)12-9-5-6-10-13-12;/h1-6,9-10H,7H2;/q-1;. The molecule has 2 rings (SSSR count). The molecule has 0 fully saturated rings. The van der Waals surface area contributed by atoms with Crippen LogP contribution in [0.25, 0.3) is 5.57 Å². The molecule has 1 aliphatic rings. The van der Waals surface area contributed by atoms with Crippen molar-refractivity contribution in [1.82, 2.24) is 4.98 Å². The average Bonchev–Trinajstić information content (AvgIpc) is 2.47. The number of allylic oxidation sites excluding steroid dienone is 6. The molecule has 1 aliphatic carbocycles. The Morgan fingerprint density at radius 1 is 1.21 bits per heavy atom. The number of rotatable bonds is 1. The van der Waals surface area contributed by atoms with Crippen LogP contribution in [0.4, 0.5) is 0 Å². The van der Waals surface area contributed by atoms with E-state index in [0.717, 1.165) is 17.7 Å². The van der Waals surface area contributed by atoms with Crippen molar-refractivity contribution >= 4 is 5.57 Å². The van der Waals surface area contributed by atoms with Crippen LogP contribution < -0.4 is 0 Å². The van der Waals surface area contributed by atoms with Crippen molar-refractivity contribution < 1.29 is 20.1 Å². The maximum Gasteiger partial charge on any atom is 0.0124 e. The number of nitrogens with zero attached hydrogens (tertiary/aromatic N) is 1. The zero-order valence-corrected chi connectivity index (χ0v) is 10.0. The smallest absolute Gasteiger partial charge is 0.0124 e. The molecule has 1 heterocycles. The van der Waals surface area contributed by atoms with Gasteiger partial charge in [-0.25, -0.2) is 0 Å².